The molecule has 0 spiro atoms. The summed E-state index contributed by atoms with van der Waals surface area (Å²) < 4.78 is 14.8. The van der Waals surface area contributed by atoms with Crippen molar-refractivity contribution >= 4 is 11.8 Å². The number of amidine groups is 1. The van der Waals surface area contributed by atoms with Crippen molar-refractivity contribution in [3.63, 3.8) is 0 Å². The van der Waals surface area contributed by atoms with Gasteiger partial charge in [0.05, 0.1) is 21.3 Å². The number of hydrogen-bond acceptors (Lipinski definition) is 8. The Morgan fingerprint density at radius 2 is 1.63 bits per heavy atom. The zero-order valence-electron chi connectivity index (χ0n) is 11.0. The third-order valence-electron chi connectivity index (χ3n) is 1.87. The summed E-state index contributed by atoms with van der Waals surface area (Å²) in [6.45, 7) is 1.46. The maximum atomic E-state index is 11.8. The highest BCUT2D eigenvalue weighted by Crippen LogP contribution is 2.28. The van der Waals surface area contributed by atoms with Crippen molar-refractivity contribution in [2.24, 2.45) is 10.9 Å². The molecule has 0 saturated carbocycles. The van der Waals surface area contributed by atoms with E-state index in [1.165, 1.54) is 28.3 Å². The normalized spacial score (nSPS) is 10.8. The highest BCUT2D eigenvalue weighted by atomic mass is 16.7. The molecule has 0 radical (unpaired) electrons. The fourth-order valence-corrected chi connectivity index (χ4v) is 1.12. The lowest BCUT2D eigenvalue weighted by molar-refractivity contribution is 0.0505. The zero-order chi connectivity index (χ0) is 14.4. The van der Waals surface area contributed by atoms with Crippen LogP contribution in [0.1, 0.15) is 17.3 Å². The van der Waals surface area contributed by atoms with E-state index in [4.69, 9.17) is 19.9 Å². The molecule has 9 heteroatoms. The third-order valence-corrected chi connectivity index (χ3v) is 1.87. The van der Waals surface area contributed by atoms with Crippen LogP contribution in [0.15, 0.2) is 5.16 Å². The van der Waals surface area contributed by atoms with E-state index in [2.05, 4.69) is 20.0 Å². The van der Waals surface area contributed by atoms with Gasteiger partial charge in [-0.05, 0) is 6.92 Å². The Kier molecular flexibility index (Phi) is 4.86. The smallest absolute Gasteiger partial charge is 0.376 e. The summed E-state index contributed by atoms with van der Waals surface area (Å²) in [6, 6.07) is -0.0104. The monoisotopic (exact) mass is 270 g/mol. The molecule has 9 nitrogen and oxygen atoms in total. The minimum absolute atomic E-state index is 0.0104. The Morgan fingerprint density at radius 1 is 1.11 bits per heavy atom. The fourth-order valence-electron chi connectivity index (χ4n) is 1.12. The molecule has 1 rings (SSSR count). The lowest BCUT2D eigenvalue weighted by Crippen LogP contribution is -2.13. The molecule has 0 aliphatic heterocycles. The first-order valence-electron chi connectivity index (χ1n) is 5.08. The first kappa shape index (κ1) is 14.5. The van der Waals surface area contributed by atoms with Gasteiger partial charge in [-0.25, -0.2) is 4.79 Å². The van der Waals surface area contributed by atoms with Crippen molar-refractivity contribution < 1.29 is 23.8 Å². The van der Waals surface area contributed by atoms with Gasteiger partial charge in [-0.1, -0.05) is 5.16 Å². The molecule has 0 bridgehead atoms. The molecule has 0 aromatic carbocycles. The first-order chi connectivity index (χ1) is 9.03. The minimum atomic E-state index is -0.860. The predicted molar refractivity (Wildman–Crippen MR) is 64.4 cm³/mol. The van der Waals surface area contributed by atoms with E-state index in [9.17, 15) is 4.79 Å². The Bertz CT molecular complexity index is 474. The number of carbonyl (C=O) groups is 1. The second-order valence-corrected chi connectivity index (χ2v) is 3.22. The number of nitrogens with two attached hydrogens (primary N) is 1. The summed E-state index contributed by atoms with van der Waals surface area (Å²) in [5, 5.41) is 3.34. The fraction of sp³-hybridized carbons (Fsp3) is 0.400. The average Bonchev–Trinajstić information content (AvgIpc) is 2.42. The molecule has 1 aromatic heterocycles. The number of ether oxygens (including phenoxy) is 3. The van der Waals surface area contributed by atoms with Gasteiger partial charge >= 0.3 is 12.0 Å². The second kappa shape index (κ2) is 6.38. The van der Waals surface area contributed by atoms with Crippen molar-refractivity contribution in [2.45, 2.75) is 6.92 Å². The summed E-state index contributed by atoms with van der Waals surface area (Å²) in [4.78, 5) is 24.1. The summed E-state index contributed by atoms with van der Waals surface area (Å²) >= 11 is 0. The van der Waals surface area contributed by atoms with Crippen LogP contribution in [0, 0.1) is 0 Å². The van der Waals surface area contributed by atoms with Crippen molar-refractivity contribution in [3.8, 4) is 17.8 Å². The van der Waals surface area contributed by atoms with Crippen molar-refractivity contribution in [1.82, 2.24) is 9.97 Å². The largest absolute Gasteiger partial charge is 0.480 e. The maximum absolute atomic E-state index is 11.8. The van der Waals surface area contributed by atoms with Crippen molar-refractivity contribution in [3.05, 3.63) is 5.56 Å². The second-order valence-electron chi connectivity index (χ2n) is 3.22. The Hall–Kier alpha value is -2.58. The van der Waals surface area contributed by atoms with E-state index in [1.807, 2.05) is 0 Å². The molecule has 19 heavy (non-hydrogen) atoms. The number of hydrogen-bond donors (Lipinski definition) is 1. The molecular formula is C10H14N4O5. The van der Waals surface area contributed by atoms with Gasteiger partial charge in [0.2, 0.25) is 11.8 Å². The minimum Gasteiger partial charge on any atom is -0.480 e. The Labute approximate surface area is 109 Å². The van der Waals surface area contributed by atoms with E-state index in [-0.39, 0.29) is 29.2 Å². The summed E-state index contributed by atoms with van der Waals surface area (Å²) in [5.74, 6) is -0.890. The van der Waals surface area contributed by atoms with Crippen molar-refractivity contribution in [1.29, 1.82) is 0 Å². The highest BCUT2D eigenvalue weighted by molar-refractivity contribution is 5.94. The quantitative estimate of drug-likeness (QED) is 0.342. The van der Waals surface area contributed by atoms with Crippen LogP contribution in [0.4, 0.5) is 0 Å². The number of nitrogens with zero attached hydrogens (tertiary/aromatic N) is 3. The number of rotatable bonds is 5. The molecule has 1 heterocycles. The molecule has 0 amide bonds. The van der Waals surface area contributed by atoms with E-state index < -0.39 is 5.97 Å². The summed E-state index contributed by atoms with van der Waals surface area (Å²) in [5.41, 5.74) is 5.15. The molecule has 0 fully saturated rings. The molecule has 0 saturated heterocycles. The van der Waals surface area contributed by atoms with Crippen LogP contribution in [0.3, 0.4) is 0 Å². The van der Waals surface area contributed by atoms with Gasteiger partial charge in [0.15, 0.2) is 5.56 Å². The van der Waals surface area contributed by atoms with Crippen LogP contribution in [-0.2, 0) is 4.84 Å². The summed E-state index contributed by atoms with van der Waals surface area (Å²) in [6.07, 6.45) is 0. The van der Waals surface area contributed by atoms with E-state index in [0.29, 0.717) is 0 Å². The SMILES string of the molecule is COc1nc(OC)c(C(=O)O/N=C(/C)N)c(OC)n1. The summed E-state index contributed by atoms with van der Waals surface area (Å²) in [7, 11) is 4.03. The van der Waals surface area contributed by atoms with Gasteiger partial charge in [-0.15, -0.1) is 0 Å². The number of oxime groups is 1. The molecule has 2 N–H and O–H groups in total. The molecule has 0 unspecified atom stereocenters. The van der Waals surface area contributed by atoms with Crippen molar-refractivity contribution in [2.75, 3.05) is 21.3 Å². The zero-order valence-corrected chi connectivity index (χ0v) is 11.0. The molecular weight excluding hydrogens is 256 g/mol. The lowest BCUT2D eigenvalue weighted by Gasteiger charge is -2.10. The third kappa shape index (κ3) is 3.44. The van der Waals surface area contributed by atoms with Gasteiger partial charge in [0.1, 0.15) is 5.84 Å². The first-order valence-corrected chi connectivity index (χ1v) is 5.08. The van der Waals surface area contributed by atoms with Crippen LogP contribution in [-0.4, -0.2) is 43.1 Å². The van der Waals surface area contributed by atoms with Gasteiger partial charge in [0, 0.05) is 0 Å². The highest BCUT2D eigenvalue weighted by Gasteiger charge is 2.25. The standard InChI is InChI=1S/C10H14N4O5/c1-5(11)14-19-9(15)6-7(16-2)12-10(18-4)13-8(6)17-3/h1-4H3,(H2,11,14). The van der Waals surface area contributed by atoms with E-state index in [1.54, 1.807) is 0 Å². The topological polar surface area (TPSA) is 118 Å². The maximum Gasteiger partial charge on any atom is 0.376 e. The van der Waals surface area contributed by atoms with E-state index in [0.717, 1.165) is 0 Å². The van der Waals surface area contributed by atoms with Gasteiger partial charge in [0.25, 0.3) is 0 Å². The average molecular weight is 270 g/mol. The number of methoxy groups -OCH3 is 3. The number of aromatic nitrogens is 2. The van der Waals surface area contributed by atoms with Gasteiger partial charge in [-0.2, -0.15) is 9.97 Å². The molecule has 0 aliphatic carbocycles. The Morgan fingerprint density at radius 3 is 2.00 bits per heavy atom. The van der Waals surface area contributed by atoms with Crippen LogP contribution in [0.2, 0.25) is 0 Å². The van der Waals surface area contributed by atoms with Crippen LogP contribution in [0.25, 0.3) is 0 Å². The predicted octanol–water partition coefficient (Wildman–Crippen LogP) is -0.0487. The molecule has 0 atom stereocenters. The molecule has 0 aliphatic rings. The van der Waals surface area contributed by atoms with Crippen LogP contribution < -0.4 is 19.9 Å². The van der Waals surface area contributed by atoms with E-state index >= 15 is 0 Å². The van der Waals surface area contributed by atoms with Crippen LogP contribution in [0.5, 0.6) is 17.8 Å². The molecule has 1 aromatic rings. The van der Waals surface area contributed by atoms with Gasteiger partial charge < -0.3 is 24.8 Å². The number of carbonyl (C=O) groups excluding carboxylic acids is 1. The lowest BCUT2D eigenvalue weighted by atomic mass is 10.3. The van der Waals surface area contributed by atoms with Gasteiger partial charge in [-0.3, -0.25) is 0 Å². The molecule has 104 valence electrons. The van der Waals surface area contributed by atoms with Crippen LogP contribution >= 0.6 is 0 Å². The Balaban J connectivity index is 3.23.